The number of halogens is 1. The fraction of sp³-hybridized carbons (Fsp3) is 0.367. The quantitative estimate of drug-likeness (QED) is 0.220. The number of fused-ring (bicyclic) bond motifs is 1. The molecule has 2 saturated carbocycles. The Bertz CT molecular complexity index is 1550. The van der Waals surface area contributed by atoms with Crippen LogP contribution in [0.4, 0.5) is 21.6 Å². The first kappa shape index (κ1) is 26.8. The smallest absolute Gasteiger partial charge is 0.276 e. The Morgan fingerprint density at radius 3 is 2.44 bits per heavy atom. The molecule has 2 fully saturated rings. The monoisotopic (exact) mass is 556 g/mol. The van der Waals surface area contributed by atoms with Crippen molar-refractivity contribution >= 4 is 34.5 Å². The van der Waals surface area contributed by atoms with Gasteiger partial charge in [0, 0.05) is 30.8 Å². The van der Waals surface area contributed by atoms with E-state index in [1.54, 1.807) is 0 Å². The van der Waals surface area contributed by atoms with Crippen LogP contribution < -0.4 is 21.7 Å². The van der Waals surface area contributed by atoms with E-state index in [1.165, 1.54) is 23.0 Å². The number of rotatable bonds is 10. The van der Waals surface area contributed by atoms with Gasteiger partial charge in [0.05, 0.1) is 29.8 Å². The van der Waals surface area contributed by atoms with Crippen LogP contribution in [0.25, 0.3) is 5.65 Å². The molecule has 3 heterocycles. The van der Waals surface area contributed by atoms with Crippen molar-refractivity contribution < 1.29 is 14.0 Å². The predicted molar refractivity (Wildman–Crippen MR) is 154 cm³/mol. The van der Waals surface area contributed by atoms with E-state index in [2.05, 4.69) is 25.9 Å². The zero-order chi connectivity index (χ0) is 28.3. The summed E-state index contributed by atoms with van der Waals surface area (Å²) in [6.07, 6.45) is 10.1. The SMILES string of the molecule is N[C@@H](C(=O)CC1CCC(Nc2cc(NC3CC3)c3ncc(C(=O)Nc4ccncc4F)n3n2)CC1)c1ccccc1. The number of imidazole rings is 1. The maximum atomic E-state index is 14.1. The second-order valence-electron chi connectivity index (χ2n) is 11.0. The van der Waals surface area contributed by atoms with Crippen LogP contribution in [-0.4, -0.2) is 43.4 Å². The normalized spacial score (nSPS) is 19.5. The van der Waals surface area contributed by atoms with Gasteiger partial charge in [-0.2, -0.15) is 0 Å². The van der Waals surface area contributed by atoms with E-state index in [0.29, 0.717) is 29.8 Å². The molecular formula is C30H33FN8O2. The highest BCUT2D eigenvalue weighted by atomic mass is 19.1. The fourth-order valence-corrected chi connectivity index (χ4v) is 5.39. The van der Waals surface area contributed by atoms with E-state index in [4.69, 9.17) is 10.8 Å². The summed E-state index contributed by atoms with van der Waals surface area (Å²) in [4.78, 5) is 34.1. The van der Waals surface area contributed by atoms with E-state index in [0.717, 1.165) is 56.0 Å². The number of hydrogen-bond donors (Lipinski definition) is 4. The van der Waals surface area contributed by atoms with Gasteiger partial charge in [-0.25, -0.2) is 13.9 Å². The fourth-order valence-electron chi connectivity index (χ4n) is 5.39. The molecule has 11 heteroatoms. The number of anilines is 3. The highest BCUT2D eigenvalue weighted by Gasteiger charge is 2.28. The van der Waals surface area contributed by atoms with Crippen molar-refractivity contribution in [1.29, 1.82) is 0 Å². The zero-order valence-corrected chi connectivity index (χ0v) is 22.6. The topological polar surface area (TPSA) is 139 Å². The standard InChI is InChI=1S/C30H33FN8O2/c31-22-16-33-13-12-23(22)37-30(41)25-17-34-29-24(35-20-10-11-20)15-27(38-39(25)29)36-21-8-6-18(7-9-21)14-26(40)28(32)19-4-2-1-3-5-19/h1-5,12-13,15-18,20-21,28,35H,6-11,14,32H2,(H,36,38)(H,33,37,41)/t18?,21?,28-/m1/s1. The third-order valence-corrected chi connectivity index (χ3v) is 7.85. The molecule has 212 valence electrons. The summed E-state index contributed by atoms with van der Waals surface area (Å²) in [6.45, 7) is 0. The molecular weight excluding hydrogens is 523 g/mol. The summed E-state index contributed by atoms with van der Waals surface area (Å²) in [5.41, 5.74) is 8.61. The average molecular weight is 557 g/mol. The van der Waals surface area contributed by atoms with Crippen LogP contribution >= 0.6 is 0 Å². The minimum absolute atomic E-state index is 0.0329. The summed E-state index contributed by atoms with van der Waals surface area (Å²) in [5, 5.41) is 14.3. The van der Waals surface area contributed by atoms with Crippen LogP contribution in [0.1, 0.15) is 67.0 Å². The van der Waals surface area contributed by atoms with Gasteiger partial charge < -0.3 is 21.7 Å². The van der Waals surface area contributed by atoms with E-state index in [-0.39, 0.29) is 23.2 Å². The van der Waals surface area contributed by atoms with Crippen molar-refractivity contribution in [3.05, 3.63) is 78.1 Å². The number of amides is 1. The number of nitrogens with zero attached hydrogens (tertiary/aromatic N) is 4. The van der Waals surface area contributed by atoms with Gasteiger partial charge in [-0.1, -0.05) is 30.3 Å². The van der Waals surface area contributed by atoms with Crippen molar-refractivity contribution in [2.24, 2.45) is 11.7 Å². The van der Waals surface area contributed by atoms with Gasteiger partial charge in [-0.15, -0.1) is 5.10 Å². The first-order chi connectivity index (χ1) is 19.9. The Hall–Kier alpha value is -4.38. The Kier molecular flexibility index (Phi) is 7.60. The lowest BCUT2D eigenvalue weighted by Crippen LogP contribution is -2.30. The number of carbonyl (C=O) groups is 2. The van der Waals surface area contributed by atoms with Crippen molar-refractivity contribution in [1.82, 2.24) is 19.6 Å². The molecule has 10 nitrogen and oxygen atoms in total. The molecule has 0 saturated heterocycles. The third kappa shape index (κ3) is 6.19. The first-order valence-corrected chi connectivity index (χ1v) is 14.1. The number of aromatic nitrogens is 4. The third-order valence-electron chi connectivity index (χ3n) is 7.85. The van der Waals surface area contributed by atoms with Crippen LogP contribution in [0, 0.1) is 11.7 Å². The first-order valence-electron chi connectivity index (χ1n) is 14.1. The molecule has 0 radical (unpaired) electrons. The molecule has 1 atom stereocenters. The van der Waals surface area contributed by atoms with Crippen LogP contribution in [0.2, 0.25) is 0 Å². The van der Waals surface area contributed by atoms with Crippen molar-refractivity contribution in [2.75, 3.05) is 16.0 Å². The number of ketones is 1. The van der Waals surface area contributed by atoms with Crippen LogP contribution in [0.3, 0.4) is 0 Å². The molecule has 0 aliphatic heterocycles. The van der Waals surface area contributed by atoms with E-state index in [9.17, 15) is 14.0 Å². The molecule has 3 aromatic heterocycles. The van der Waals surface area contributed by atoms with Gasteiger partial charge in [0.25, 0.3) is 5.91 Å². The van der Waals surface area contributed by atoms with Gasteiger partial charge >= 0.3 is 0 Å². The van der Waals surface area contributed by atoms with Gasteiger partial charge in [0.1, 0.15) is 5.82 Å². The number of hydrogen-bond acceptors (Lipinski definition) is 8. The molecule has 41 heavy (non-hydrogen) atoms. The Balaban J connectivity index is 1.14. The molecule has 1 aromatic carbocycles. The summed E-state index contributed by atoms with van der Waals surface area (Å²) >= 11 is 0. The van der Waals surface area contributed by atoms with E-state index in [1.807, 2.05) is 36.4 Å². The number of carbonyl (C=O) groups excluding carboxylic acids is 2. The Morgan fingerprint density at radius 1 is 0.976 bits per heavy atom. The van der Waals surface area contributed by atoms with Crippen molar-refractivity contribution in [3.8, 4) is 0 Å². The summed E-state index contributed by atoms with van der Waals surface area (Å²) in [7, 11) is 0. The highest BCUT2D eigenvalue weighted by Crippen LogP contribution is 2.32. The molecule has 1 amide bonds. The minimum atomic E-state index is -0.625. The molecule has 0 bridgehead atoms. The predicted octanol–water partition coefficient (Wildman–Crippen LogP) is 4.72. The van der Waals surface area contributed by atoms with Gasteiger partial charge in [0.2, 0.25) is 0 Å². The van der Waals surface area contributed by atoms with Crippen LogP contribution in [0.15, 0.2) is 61.1 Å². The summed E-state index contributed by atoms with van der Waals surface area (Å²) in [6, 6.07) is 12.8. The number of Topliss-reactive ketones (excluding diaryl/α,β-unsaturated/α-hetero) is 1. The lowest BCUT2D eigenvalue weighted by Gasteiger charge is -2.29. The Labute approximate surface area is 237 Å². The lowest BCUT2D eigenvalue weighted by atomic mass is 9.82. The zero-order valence-electron chi connectivity index (χ0n) is 22.6. The minimum Gasteiger partial charge on any atom is -0.379 e. The molecule has 2 aliphatic rings. The maximum absolute atomic E-state index is 14.1. The molecule has 2 aliphatic carbocycles. The van der Waals surface area contributed by atoms with Crippen molar-refractivity contribution in [3.63, 3.8) is 0 Å². The average Bonchev–Trinajstić information content (AvgIpc) is 3.70. The van der Waals surface area contributed by atoms with E-state index < -0.39 is 17.8 Å². The summed E-state index contributed by atoms with van der Waals surface area (Å²) < 4.78 is 15.6. The molecule has 0 unspecified atom stereocenters. The molecule has 0 spiro atoms. The van der Waals surface area contributed by atoms with Crippen LogP contribution in [-0.2, 0) is 4.79 Å². The largest absolute Gasteiger partial charge is 0.379 e. The molecule has 4 aromatic rings. The number of benzene rings is 1. The maximum Gasteiger partial charge on any atom is 0.276 e. The molecule has 5 N–H and O–H groups in total. The van der Waals surface area contributed by atoms with Gasteiger partial charge in [-0.3, -0.25) is 14.6 Å². The Morgan fingerprint density at radius 2 is 1.71 bits per heavy atom. The number of nitrogens with one attached hydrogen (secondary N) is 3. The van der Waals surface area contributed by atoms with E-state index >= 15 is 0 Å². The highest BCUT2D eigenvalue weighted by molar-refractivity contribution is 6.03. The van der Waals surface area contributed by atoms with Gasteiger partial charge in [0.15, 0.2) is 22.9 Å². The number of pyridine rings is 1. The number of nitrogens with two attached hydrogens (primary N) is 1. The lowest BCUT2D eigenvalue weighted by molar-refractivity contribution is -0.121. The second kappa shape index (κ2) is 11.6. The second-order valence-corrected chi connectivity index (χ2v) is 11.0. The van der Waals surface area contributed by atoms with Crippen molar-refractivity contribution in [2.45, 2.75) is 63.1 Å². The van der Waals surface area contributed by atoms with Crippen LogP contribution in [0.5, 0.6) is 0 Å². The summed E-state index contributed by atoms with van der Waals surface area (Å²) in [5.74, 6) is -0.152. The molecule has 6 rings (SSSR count). The van der Waals surface area contributed by atoms with Gasteiger partial charge in [-0.05, 0) is 56.1 Å².